The van der Waals surface area contributed by atoms with Crippen LogP contribution in [0.15, 0.2) is 36.4 Å². The molecule has 0 atom stereocenters. The Morgan fingerprint density at radius 3 is 2.27 bits per heavy atom. The van der Waals surface area contributed by atoms with Crippen LogP contribution < -0.4 is 0 Å². The topological polar surface area (TPSA) is 9.23 Å². The van der Waals surface area contributed by atoms with Gasteiger partial charge in [0.25, 0.3) is 0 Å². The zero-order valence-electron chi connectivity index (χ0n) is 6.98. The maximum atomic E-state index is 12.6. The number of allylic oxidation sites excluding steroid dienone is 3. The van der Waals surface area contributed by atoms with Crippen LogP contribution in [0.5, 0.6) is 0 Å². The van der Waals surface area contributed by atoms with Gasteiger partial charge in [-0.2, -0.15) is 0 Å². The van der Waals surface area contributed by atoms with Crippen LogP contribution >= 0.6 is 0 Å². The maximum absolute atomic E-state index is 12.6. The minimum absolute atomic E-state index is 0.197. The van der Waals surface area contributed by atoms with Crippen LogP contribution in [0.1, 0.15) is 13.3 Å². The summed E-state index contributed by atoms with van der Waals surface area (Å²) in [5, 5.41) is 0. The Kier molecular flexibility index (Phi) is 4.27. The lowest BCUT2D eigenvalue weighted by atomic mass is 10.1. The molecular formula is C9H13FO. The molecular weight excluding hydrogens is 143 g/mol. The summed E-state index contributed by atoms with van der Waals surface area (Å²) in [6.45, 7) is 8.59. The Balaban J connectivity index is 4.76. The fraction of sp³-hybridized carbons (Fsp3) is 0.333. The fourth-order valence-electron chi connectivity index (χ4n) is 0.814. The van der Waals surface area contributed by atoms with E-state index >= 15 is 0 Å². The van der Waals surface area contributed by atoms with Crippen molar-refractivity contribution >= 4 is 0 Å². The van der Waals surface area contributed by atoms with Crippen LogP contribution in [0.2, 0.25) is 0 Å². The van der Waals surface area contributed by atoms with Crippen molar-refractivity contribution < 1.29 is 9.13 Å². The fourth-order valence-corrected chi connectivity index (χ4v) is 0.814. The Hall–Kier alpha value is -1.05. The average molecular weight is 156 g/mol. The third kappa shape index (κ3) is 2.58. The lowest BCUT2D eigenvalue weighted by molar-refractivity contribution is 0.279. The summed E-state index contributed by atoms with van der Waals surface area (Å²) >= 11 is 0. The van der Waals surface area contributed by atoms with E-state index in [4.69, 9.17) is 4.74 Å². The van der Waals surface area contributed by atoms with E-state index in [0.717, 1.165) is 5.57 Å². The number of rotatable bonds is 4. The van der Waals surface area contributed by atoms with E-state index in [0.29, 0.717) is 6.42 Å². The van der Waals surface area contributed by atoms with Gasteiger partial charge in [0.2, 0.25) is 0 Å². The van der Waals surface area contributed by atoms with Gasteiger partial charge < -0.3 is 4.74 Å². The van der Waals surface area contributed by atoms with Crippen LogP contribution in [0.3, 0.4) is 0 Å². The molecule has 0 aliphatic heterocycles. The van der Waals surface area contributed by atoms with Gasteiger partial charge in [0.15, 0.2) is 11.6 Å². The van der Waals surface area contributed by atoms with Crippen LogP contribution in [0.4, 0.5) is 4.39 Å². The van der Waals surface area contributed by atoms with E-state index in [1.54, 1.807) is 6.08 Å². The molecule has 0 aromatic carbocycles. The highest BCUT2D eigenvalue weighted by molar-refractivity contribution is 5.29. The highest BCUT2D eigenvalue weighted by Crippen LogP contribution is 2.18. The molecule has 2 heteroatoms. The molecule has 0 amide bonds. The van der Waals surface area contributed by atoms with Gasteiger partial charge in [-0.1, -0.05) is 26.2 Å². The molecule has 0 bridgehead atoms. The Bertz CT molecular complexity index is 192. The first kappa shape index (κ1) is 9.95. The molecule has 0 saturated carbocycles. The lowest BCUT2D eigenvalue weighted by Crippen LogP contribution is -1.91. The van der Waals surface area contributed by atoms with Crippen molar-refractivity contribution in [3.63, 3.8) is 0 Å². The van der Waals surface area contributed by atoms with Gasteiger partial charge in [-0.3, -0.25) is 0 Å². The van der Waals surface area contributed by atoms with E-state index in [-0.39, 0.29) is 5.76 Å². The number of methoxy groups -OCH3 is 1. The van der Waals surface area contributed by atoms with Gasteiger partial charge in [0.05, 0.1) is 7.11 Å². The molecule has 11 heavy (non-hydrogen) atoms. The first-order valence-corrected chi connectivity index (χ1v) is 3.41. The smallest absolute Gasteiger partial charge is 0.158 e. The minimum Gasteiger partial charge on any atom is -0.493 e. The van der Waals surface area contributed by atoms with E-state index in [9.17, 15) is 4.39 Å². The maximum Gasteiger partial charge on any atom is 0.158 e. The van der Waals surface area contributed by atoms with Crippen LogP contribution in [0.25, 0.3) is 0 Å². The normalized spacial score (nSPS) is 11.9. The molecule has 0 unspecified atom stereocenters. The van der Waals surface area contributed by atoms with Crippen LogP contribution in [-0.4, -0.2) is 7.11 Å². The molecule has 0 saturated heterocycles. The summed E-state index contributed by atoms with van der Waals surface area (Å²) in [5.41, 5.74) is 0.736. The van der Waals surface area contributed by atoms with Crippen LogP contribution in [0, 0.1) is 0 Å². The first-order valence-electron chi connectivity index (χ1n) is 3.41. The number of halogens is 1. The summed E-state index contributed by atoms with van der Waals surface area (Å²) in [6, 6.07) is 0. The monoisotopic (exact) mass is 156 g/mol. The number of ether oxygens (including phenoxy) is 1. The molecule has 0 aliphatic carbocycles. The highest BCUT2D eigenvalue weighted by Gasteiger charge is 2.05. The molecule has 0 aliphatic rings. The van der Waals surface area contributed by atoms with Crippen molar-refractivity contribution in [2.75, 3.05) is 7.11 Å². The molecule has 0 fully saturated rings. The molecule has 0 heterocycles. The Morgan fingerprint density at radius 2 is 2.18 bits per heavy atom. The molecule has 1 nitrogen and oxygen atoms in total. The second kappa shape index (κ2) is 4.72. The Labute approximate surface area is 66.9 Å². The molecule has 0 N–H and O–H groups in total. The van der Waals surface area contributed by atoms with Crippen molar-refractivity contribution in [2.24, 2.45) is 0 Å². The van der Waals surface area contributed by atoms with E-state index < -0.39 is 5.83 Å². The third-order valence-corrected chi connectivity index (χ3v) is 1.37. The molecule has 0 rings (SSSR count). The van der Waals surface area contributed by atoms with Crippen molar-refractivity contribution in [3.8, 4) is 0 Å². The second-order valence-corrected chi connectivity index (χ2v) is 2.02. The molecule has 0 spiro atoms. The van der Waals surface area contributed by atoms with Gasteiger partial charge in [0, 0.05) is 0 Å². The van der Waals surface area contributed by atoms with E-state index in [2.05, 4.69) is 13.2 Å². The lowest BCUT2D eigenvalue weighted by Gasteiger charge is -2.06. The largest absolute Gasteiger partial charge is 0.493 e. The number of hydrogen-bond acceptors (Lipinski definition) is 1. The average Bonchev–Trinajstić information content (AvgIpc) is 1.99. The third-order valence-electron chi connectivity index (χ3n) is 1.37. The summed E-state index contributed by atoms with van der Waals surface area (Å²) in [7, 11) is 1.42. The molecule has 62 valence electrons. The van der Waals surface area contributed by atoms with Crippen molar-refractivity contribution in [1.29, 1.82) is 0 Å². The van der Waals surface area contributed by atoms with Gasteiger partial charge in [0.1, 0.15) is 0 Å². The summed E-state index contributed by atoms with van der Waals surface area (Å²) in [6.07, 6.45) is 2.26. The van der Waals surface area contributed by atoms with Crippen molar-refractivity contribution in [1.82, 2.24) is 0 Å². The summed E-state index contributed by atoms with van der Waals surface area (Å²) in [5.74, 6) is -0.355. The SMILES string of the molecule is C=C/C(CC)=C(/OC)C(=C)F. The summed E-state index contributed by atoms with van der Waals surface area (Å²) in [4.78, 5) is 0. The second-order valence-electron chi connectivity index (χ2n) is 2.02. The summed E-state index contributed by atoms with van der Waals surface area (Å²) < 4.78 is 17.4. The molecule has 0 aromatic heterocycles. The van der Waals surface area contributed by atoms with E-state index in [1.165, 1.54) is 7.11 Å². The highest BCUT2D eigenvalue weighted by atomic mass is 19.1. The van der Waals surface area contributed by atoms with Crippen LogP contribution in [-0.2, 0) is 4.74 Å². The van der Waals surface area contributed by atoms with Gasteiger partial charge in [-0.05, 0) is 12.0 Å². The standard InChI is InChI=1S/C9H13FO/c1-5-8(6-2)9(11-4)7(3)10/h5H,1,3,6H2,2,4H3/b9-8-. The van der Waals surface area contributed by atoms with Gasteiger partial charge in [-0.25, -0.2) is 4.39 Å². The van der Waals surface area contributed by atoms with E-state index in [1.807, 2.05) is 6.92 Å². The van der Waals surface area contributed by atoms with Gasteiger partial charge in [-0.15, -0.1) is 0 Å². The quantitative estimate of drug-likeness (QED) is 0.449. The first-order chi connectivity index (χ1) is 5.17. The number of hydrogen-bond donors (Lipinski definition) is 0. The molecule has 0 radical (unpaired) electrons. The van der Waals surface area contributed by atoms with Gasteiger partial charge >= 0.3 is 0 Å². The zero-order chi connectivity index (χ0) is 8.85. The predicted octanol–water partition coefficient (Wildman–Crippen LogP) is 2.97. The Morgan fingerprint density at radius 1 is 1.64 bits per heavy atom. The zero-order valence-corrected chi connectivity index (χ0v) is 6.98. The van der Waals surface area contributed by atoms with Crippen molar-refractivity contribution in [2.45, 2.75) is 13.3 Å². The minimum atomic E-state index is -0.552. The molecule has 0 aromatic rings. The predicted molar refractivity (Wildman–Crippen MR) is 44.8 cm³/mol. The van der Waals surface area contributed by atoms with Crippen molar-refractivity contribution in [3.05, 3.63) is 36.4 Å².